The fourth-order valence-corrected chi connectivity index (χ4v) is 8.33. The van der Waals surface area contributed by atoms with Crippen LogP contribution >= 0.6 is 0 Å². The van der Waals surface area contributed by atoms with Gasteiger partial charge in [0.1, 0.15) is 33.5 Å². The Hall–Kier alpha value is -7.83. The van der Waals surface area contributed by atoms with E-state index in [1.807, 2.05) is 91.0 Å². The molecule has 0 aliphatic rings. The highest BCUT2D eigenvalue weighted by molar-refractivity contribution is 6.18. The van der Waals surface area contributed by atoms with Crippen LogP contribution in [0.5, 0.6) is 0 Å². The molecule has 4 heterocycles. The molecule has 0 unspecified atom stereocenters. The van der Waals surface area contributed by atoms with Crippen LogP contribution in [0.2, 0.25) is 0 Å². The van der Waals surface area contributed by atoms with Crippen molar-refractivity contribution in [3.8, 4) is 56.4 Å². The van der Waals surface area contributed by atoms with Gasteiger partial charge in [-0.05, 0) is 29.8 Å². The number of hydrogen-bond acceptors (Lipinski definition) is 6. The summed E-state index contributed by atoms with van der Waals surface area (Å²) in [5, 5.41) is 6.19. The first-order chi connectivity index (χ1) is 28.2. The number of furan rings is 3. The van der Waals surface area contributed by atoms with Crippen molar-refractivity contribution < 1.29 is 13.3 Å². The summed E-state index contributed by atoms with van der Waals surface area (Å²) in [5.41, 5.74) is 11.6. The second-order valence-corrected chi connectivity index (χ2v) is 14.3. The summed E-state index contributed by atoms with van der Waals surface area (Å²) >= 11 is 0. The molecular formula is C51H29N3O3. The molecule has 12 rings (SSSR count). The van der Waals surface area contributed by atoms with Gasteiger partial charge in [0.25, 0.3) is 0 Å². The highest BCUT2D eigenvalue weighted by Crippen LogP contribution is 2.45. The SMILES string of the molecule is c1ccc(-c2nc(-c3ccccc3)nc(-c3cccc4oc5c(-c6cccc7c6oc6c(-c8ccc9oc%10ccccc%10c9c8)cccc67)cccc5c34)n2)cc1. The third kappa shape index (κ3) is 4.94. The van der Waals surface area contributed by atoms with Crippen LogP contribution in [0.15, 0.2) is 189 Å². The highest BCUT2D eigenvalue weighted by Gasteiger charge is 2.22. The first-order valence-electron chi connectivity index (χ1n) is 18.9. The quantitative estimate of drug-likeness (QED) is 0.175. The lowest BCUT2D eigenvalue weighted by Gasteiger charge is -2.09. The van der Waals surface area contributed by atoms with Gasteiger partial charge in [-0.2, -0.15) is 0 Å². The predicted molar refractivity (Wildman–Crippen MR) is 229 cm³/mol. The number of fused-ring (bicyclic) bond motifs is 9. The zero-order chi connectivity index (χ0) is 37.5. The van der Waals surface area contributed by atoms with Gasteiger partial charge in [0.2, 0.25) is 0 Å². The lowest BCUT2D eigenvalue weighted by atomic mass is 9.98. The molecule has 0 aliphatic heterocycles. The summed E-state index contributed by atoms with van der Waals surface area (Å²) in [6.07, 6.45) is 0. The lowest BCUT2D eigenvalue weighted by molar-refractivity contribution is 0.665. The van der Waals surface area contributed by atoms with Crippen molar-refractivity contribution in [1.29, 1.82) is 0 Å². The molecule has 0 spiro atoms. The van der Waals surface area contributed by atoms with Gasteiger partial charge in [0.05, 0.1) is 0 Å². The molecule has 0 aliphatic carbocycles. The lowest BCUT2D eigenvalue weighted by Crippen LogP contribution is -2.00. The molecule has 6 nitrogen and oxygen atoms in total. The molecule has 266 valence electrons. The van der Waals surface area contributed by atoms with Crippen LogP contribution in [0.1, 0.15) is 0 Å². The number of para-hydroxylation sites is 4. The first-order valence-corrected chi connectivity index (χ1v) is 18.9. The van der Waals surface area contributed by atoms with E-state index in [0.29, 0.717) is 17.5 Å². The van der Waals surface area contributed by atoms with Crippen LogP contribution in [0, 0.1) is 0 Å². The minimum absolute atomic E-state index is 0.579. The van der Waals surface area contributed by atoms with Gasteiger partial charge in [-0.1, -0.05) is 152 Å². The van der Waals surface area contributed by atoms with E-state index in [9.17, 15) is 0 Å². The van der Waals surface area contributed by atoms with E-state index in [4.69, 9.17) is 28.2 Å². The van der Waals surface area contributed by atoms with Crippen molar-refractivity contribution in [2.24, 2.45) is 0 Å². The van der Waals surface area contributed by atoms with Gasteiger partial charge in [-0.25, -0.2) is 15.0 Å². The molecule has 0 saturated heterocycles. The van der Waals surface area contributed by atoms with Crippen molar-refractivity contribution in [2.75, 3.05) is 0 Å². The molecule has 57 heavy (non-hydrogen) atoms. The molecule has 4 aromatic heterocycles. The number of nitrogens with zero attached hydrogens (tertiary/aromatic N) is 3. The summed E-state index contributed by atoms with van der Waals surface area (Å²) < 4.78 is 19.9. The second kappa shape index (κ2) is 12.3. The van der Waals surface area contributed by atoms with E-state index in [2.05, 4.69) is 84.9 Å². The topological polar surface area (TPSA) is 78.1 Å². The fourth-order valence-electron chi connectivity index (χ4n) is 8.33. The Bertz CT molecular complexity index is 3470. The van der Waals surface area contributed by atoms with Crippen LogP contribution in [0.4, 0.5) is 0 Å². The molecule has 0 bridgehead atoms. The van der Waals surface area contributed by atoms with Gasteiger partial charge in [-0.15, -0.1) is 0 Å². The molecule has 0 fully saturated rings. The van der Waals surface area contributed by atoms with E-state index in [-0.39, 0.29) is 0 Å². The molecule has 12 aromatic rings. The normalized spacial score (nSPS) is 11.9. The Morgan fingerprint density at radius 2 is 0.789 bits per heavy atom. The van der Waals surface area contributed by atoms with Gasteiger partial charge in [0, 0.05) is 65.7 Å². The number of hydrogen-bond donors (Lipinski definition) is 0. The van der Waals surface area contributed by atoms with Gasteiger partial charge in [0.15, 0.2) is 17.5 Å². The van der Waals surface area contributed by atoms with E-state index in [0.717, 1.165) is 105 Å². The van der Waals surface area contributed by atoms with Crippen molar-refractivity contribution in [2.45, 2.75) is 0 Å². The highest BCUT2D eigenvalue weighted by atomic mass is 16.3. The summed E-state index contributed by atoms with van der Waals surface area (Å²) in [4.78, 5) is 15.0. The number of benzene rings is 8. The molecular weight excluding hydrogens is 703 g/mol. The van der Waals surface area contributed by atoms with Crippen molar-refractivity contribution >= 4 is 65.8 Å². The molecule has 0 atom stereocenters. The second-order valence-electron chi connectivity index (χ2n) is 14.3. The van der Waals surface area contributed by atoms with Gasteiger partial charge >= 0.3 is 0 Å². The fraction of sp³-hybridized carbons (Fsp3) is 0. The minimum atomic E-state index is 0.579. The summed E-state index contributed by atoms with van der Waals surface area (Å²) in [7, 11) is 0. The number of aromatic nitrogens is 3. The summed E-state index contributed by atoms with van der Waals surface area (Å²) in [5.74, 6) is 1.80. The van der Waals surface area contributed by atoms with E-state index in [1.165, 1.54) is 0 Å². The van der Waals surface area contributed by atoms with Gasteiger partial charge in [-0.3, -0.25) is 0 Å². The molecule has 0 radical (unpaired) electrons. The molecule has 0 amide bonds. The summed E-state index contributed by atoms with van der Waals surface area (Å²) in [6, 6.07) is 59.7. The Labute approximate surface area is 325 Å². The molecule has 8 aromatic carbocycles. The maximum Gasteiger partial charge on any atom is 0.164 e. The maximum atomic E-state index is 6.94. The molecule has 6 heteroatoms. The zero-order valence-corrected chi connectivity index (χ0v) is 30.3. The van der Waals surface area contributed by atoms with Crippen molar-refractivity contribution in [3.05, 3.63) is 176 Å². The number of rotatable bonds is 5. The third-order valence-electron chi connectivity index (χ3n) is 11.0. The minimum Gasteiger partial charge on any atom is -0.456 e. The average molecular weight is 732 g/mol. The van der Waals surface area contributed by atoms with E-state index in [1.54, 1.807) is 0 Å². The van der Waals surface area contributed by atoms with Crippen LogP contribution in [-0.4, -0.2) is 15.0 Å². The van der Waals surface area contributed by atoms with Crippen molar-refractivity contribution in [3.63, 3.8) is 0 Å². The van der Waals surface area contributed by atoms with Gasteiger partial charge < -0.3 is 13.3 Å². The smallest absolute Gasteiger partial charge is 0.164 e. The molecule has 0 N–H and O–H groups in total. The standard InChI is InChI=1S/C51H29N3O3/c1-3-13-30(14-4-1)49-52-50(31-15-5-2-6-16-31)54-51(53-49)40-24-12-26-44-45(40)39-23-11-22-38(48(39)56-44)37-21-10-20-36-35-19-9-18-33(46(35)57-47(36)37)32-27-28-43-41(29-32)34-17-7-8-25-42(34)55-43/h1-29H. The Balaban J connectivity index is 1.04. The van der Waals surface area contributed by atoms with Crippen molar-refractivity contribution in [1.82, 2.24) is 15.0 Å². The maximum absolute atomic E-state index is 6.94. The monoisotopic (exact) mass is 731 g/mol. The molecule has 0 saturated carbocycles. The van der Waals surface area contributed by atoms with Crippen LogP contribution in [0.3, 0.4) is 0 Å². The zero-order valence-electron chi connectivity index (χ0n) is 30.3. The van der Waals surface area contributed by atoms with E-state index < -0.39 is 0 Å². The van der Waals surface area contributed by atoms with E-state index >= 15 is 0 Å². The average Bonchev–Trinajstić information content (AvgIpc) is 3.98. The Kier molecular flexibility index (Phi) is 6.83. The third-order valence-corrected chi connectivity index (χ3v) is 11.0. The van der Waals surface area contributed by atoms with Crippen LogP contribution in [0.25, 0.3) is 122 Å². The summed E-state index contributed by atoms with van der Waals surface area (Å²) in [6.45, 7) is 0. The predicted octanol–water partition coefficient (Wildman–Crippen LogP) is 13.9. The van der Waals surface area contributed by atoms with Crippen LogP contribution in [-0.2, 0) is 0 Å². The largest absolute Gasteiger partial charge is 0.456 e. The Morgan fingerprint density at radius 1 is 0.281 bits per heavy atom. The Morgan fingerprint density at radius 3 is 1.51 bits per heavy atom. The van der Waals surface area contributed by atoms with Crippen LogP contribution < -0.4 is 0 Å². The first kappa shape index (κ1) is 31.5.